The van der Waals surface area contributed by atoms with Gasteiger partial charge in [0.05, 0.1) is 18.6 Å². The van der Waals surface area contributed by atoms with Crippen molar-refractivity contribution in [3.05, 3.63) is 53.9 Å². The van der Waals surface area contributed by atoms with Crippen LogP contribution in [0.2, 0.25) is 0 Å². The Morgan fingerprint density at radius 3 is 2.58 bits per heavy atom. The predicted octanol–water partition coefficient (Wildman–Crippen LogP) is 3.87. The van der Waals surface area contributed by atoms with Crippen LogP contribution in [0.3, 0.4) is 0 Å². The number of fused-ring (bicyclic) bond motifs is 1. The first kappa shape index (κ1) is 26.4. The molecule has 2 N–H and O–H groups in total. The molecule has 1 saturated heterocycles. The molecule has 196 valence electrons. The molecule has 0 unspecified atom stereocenters. The van der Waals surface area contributed by atoms with Gasteiger partial charge in [-0.2, -0.15) is 0 Å². The summed E-state index contributed by atoms with van der Waals surface area (Å²) in [6, 6.07) is 5.42. The van der Waals surface area contributed by atoms with Gasteiger partial charge in [-0.3, -0.25) is 4.79 Å². The van der Waals surface area contributed by atoms with E-state index in [1.165, 1.54) is 24.3 Å². The van der Waals surface area contributed by atoms with Gasteiger partial charge in [0.15, 0.2) is 5.60 Å². The van der Waals surface area contributed by atoms with Crippen molar-refractivity contribution in [1.82, 2.24) is 0 Å². The molecule has 0 amide bonds. The van der Waals surface area contributed by atoms with E-state index in [1.54, 1.807) is 13.8 Å². The Morgan fingerprint density at radius 2 is 1.89 bits per heavy atom. The third-order valence-electron chi connectivity index (χ3n) is 7.37. The number of allylic oxidation sites excluding steroid dienone is 2. The standard InChI is InChI=1S/C28H35FO7/c1-16-4-5-17-12-19(30)14-24(26(17)23(16)11-10-22-13-20(31)15-25(32)34-22)35-27(33)28(2,3)36-21-8-6-18(29)7-9-21/h4-9,12,16,19-20,22-24,26,30-31H,10-11,13-15H2,1-3H3/t16-,19+,20+,22+,23-,24-,26-/m0/s1. The lowest BCUT2D eigenvalue weighted by molar-refractivity contribution is -0.171. The second-order valence-electron chi connectivity index (χ2n) is 10.7. The summed E-state index contributed by atoms with van der Waals surface area (Å²) in [5, 5.41) is 20.4. The van der Waals surface area contributed by atoms with E-state index in [0.29, 0.717) is 25.0 Å². The highest BCUT2D eigenvalue weighted by Gasteiger charge is 2.44. The topological polar surface area (TPSA) is 102 Å². The maximum Gasteiger partial charge on any atom is 0.350 e. The highest BCUT2D eigenvalue weighted by molar-refractivity contribution is 5.79. The summed E-state index contributed by atoms with van der Waals surface area (Å²) in [5.74, 6) is -0.882. The van der Waals surface area contributed by atoms with E-state index < -0.39 is 35.7 Å². The van der Waals surface area contributed by atoms with Gasteiger partial charge < -0.3 is 24.4 Å². The maximum atomic E-state index is 13.3. The smallest absolute Gasteiger partial charge is 0.350 e. The number of aliphatic hydroxyl groups is 2. The molecule has 8 heteroatoms. The van der Waals surface area contributed by atoms with Gasteiger partial charge in [-0.25, -0.2) is 9.18 Å². The summed E-state index contributed by atoms with van der Waals surface area (Å²) in [6.45, 7) is 5.29. The van der Waals surface area contributed by atoms with E-state index >= 15 is 0 Å². The van der Waals surface area contributed by atoms with Gasteiger partial charge in [-0.05, 0) is 68.4 Å². The largest absolute Gasteiger partial charge is 0.476 e. The molecule has 0 saturated carbocycles. The zero-order chi connectivity index (χ0) is 26.0. The lowest BCUT2D eigenvalue weighted by Gasteiger charge is -2.43. The summed E-state index contributed by atoms with van der Waals surface area (Å²) in [5.41, 5.74) is -0.408. The van der Waals surface area contributed by atoms with Crippen LogP contribution < -0.4 is 4.74 Å². The van der Waals surface area contributed by atoms with Crippen LogP contribution in [-0.4, -0.2) is 52.2 Å². The zero-order valence-corrected chi connectivity index (χ0v) is 20.9. The zero-order valence-electron chi connectivity index (χ0n) is 20.9. The fourth-order valence-electron chi connectivity index (χ4n) is 5.52. The van der Waals surface area contributed by atoms with Crippen molar-refractivity contribution >= 4 is 11.9 Å². The van der Waals surface area contributed by atoms with Gasteiger partial charge in [0.1, 0.15) is 23.8 Å². The number of carbonyl (C=O) groups is 2. The van der Waals surface area contributed by atoms with E-state index in [1.807, 2.05) is 12.2 Å². The first-order valence-electron chi connectivity index (χ1n) is 12.6. The Kier molecular flexibility index (Phi) is 7.85. The molecule has 7 atom stereocenters. The molecule has 2 aliphatic carbocycles. The molecule has 1 aromatic rings. The summed E-state index contributed by atoms with van der Waals surface area (Å²) in [7, 11) is 0. The average molecular weight is 503 g/mol. The number of hydrogen-bond acceptors (Lipinski definition) is 7. The fraction of sp³-hybridized carbons (Fsp3) is 0.571. The van der Waals surface area contributed by atoms with Crippen LogP contribution >= 0.6 is 0 Å². The van der Waals surface area contributed by atoms with Crippen LogP contribution in [0.25, 0.3) is 0 Å². The molecule has 3 aliphatic rings. The number of carbonyl (C=O) groups excluding carboxylic acids is 2. The molecule has 4 rings (SSSR count). The first-order valence-corrected chi connectivity index (χ1v) is 12.6. The second kappa shape index (κ2) is 10.7. The minimum absolute atomic E-state index is 0.0280. The Balaban J connectivity index is 1.48. The van der Waals surface area contributed by atoms with E-state index in [2.05, 4.69) is 13.0 Å². The number of halogens is 1. The van der Waals surface area contributed by atoms with Crippen molar-refractivity contribution in [2.45, 2.75) is 82.9 Å². The van der Waals surface area contributed by atoms with Crippen molar-refractivity contribution in [1.29, 1.82) is 0 Å². The fourth-order valence-corrected chi connectivity index (χ4v) is 5.52. The molecular weight excluding hydrogens is 467 g/mol. The molecule has 7 nitrogen and oxygen atoms in total. The highest BCUT2D eigenvalue weighted by Crippen LogP contribution is 2.44. The normalized spacial score (nSPS) is 32.2. The third kappa shape index (κ3) is 6.16. The molecule has 36 heavy (non-hydrogen) atoms. The molecular formula is C28H35FO7. The van der Waals surface area contributed by atoms with Crippen molar-refractivity contribution in [2.75, 3.05) is 0 Å². The van der Waals surface area contributed by atoms with Gasteiger partial charge in [-0.1, -0.05) is 25.2 Å². The van der Waals surface area contributed by atoms with E-state index in [9.17, 15) is 24.2 Å². The molecule has 0 aromatic heterocycles. The minimum Gasteiger partial charge on any atom is -0.476 e. The maximum absolute atomic E-state index is 13.3. The molecule has 1 aliphatic heterocycles. The van der Waals surface area contributed by atoms with E-state index in [0.717, 1.165) is 5.57 Å². The molecule has 0 radical (unpaired) electrons. The predicted molar refractivity (Wildman–Crippen MR) is 129 cm³/mol. The summed E-state index contributed by atoms with van der Waals surface area (Å²) in [6.07, 6.45) is 5.56. The third-order valence-corrected chi connectivity index (χ3v) is 7.37. The molecule has 0 bridgehead atoms. The van der Waals surface area contributed by atoms with Crippen LogP contribution in [0.5, 0.6) is 5.75 Å². The number of hydrogen-bond donors (Lipinski definition) is 2. The number of ether oxygens (including phenoxy) is 3. The molecule has 1 fully saturated rings. The first-order chi connectivity index (χ1) is 17.0. The Morgan fingerprint density at radius 1 is 1.17 bits per heavy atom. The van der Waals surface area contributed by atoms with Crippen LogP contribution in [0.15, 0.2) is 48.1 Å². The quantitative estimate of drug-likeness (QED) is 0.546. The summed E-state index contributed by atoms with van der Waals surface area (Å²) in [4.78, 5) is 25.0. The van der Waals surface area contributed by atoms with Crippen LogP contribution in [0.1, 0.15) is 52.9 Å². The van der Waals surface area contributed by atoms with Gasteiger partial charge in [0.25, 0.3) is 0 Å². The number of benzene rings is 1. The van der Waals surface area contributed by atoms with Gasteiger partial charge in [-0.15, -0.1) is 0 Å². The summed E-state index contributed by atoms with van der Waals surface area (Å²) >= 11 is 0. The van der Waals surface area contributed by atoms with Crippen molar-refractivity contribution in [3.8, 4) is 5.75 Å². The molecule has 1 aromatic carbocycles. The minimum atomic E-state index is -1.33. The number of aliphatic hydroxyl groups excluding tert-OH is 2. The summed E-state index contributed by atoms with van der Waals surface area (Å²) < 4.78 is 30.5. The number of esters is 2. The number of cyclic esters (lactones) is 1. The van der Waals surface area contributed by atoms with Crippen molar-refractivity contribution in [2.24, 2.45) is 17.8 Å². The van der Waals surface area contributed by atoms with Gasteiger partial charge >= 0.3 is 11.9 Å². The lowest BCUT2D eigenvalue weighted by Crippen LogP contribution is -2.47. The SMILES string of the molecule is C[C@H]1C=CC2=C[C@@H](O)C[C@H](OC(=O)C(C)(C)Oc3ccc(F)cc3)[C@@H]2[C@H]1CC[C@@H]1C[C@@H](O)CC(=O)O1. The van der Waals surface area contributed by atoms with Crippen LogP contribution in [0.4, 0.5) is 4.39 Å². The van der Waals surface area contributed by atoms with Crippen LogP contribution in [-0.2, 0) is 19.1 Å². The highest BCUT2D eigenvalue weighted by atomic mass is 19.1. The second-order valence-corrected chi connectivity index (χ2v) is 10.7. The lowest BCUT2D eigenvalue weighted by atomic mass is 9.66. The van der Waals surface area contributed by atoms with E-state index in [4.69, 9.17) is 14.2 Å². The Labute approximate surface area is 210 Å². The van der Waals surface area contributed by atoms with Gasteiger partial charge in [0.2, 0.25) is 0 Å². The van der Waals surface area contributed by atoms with Gasteiger partial charge in [0, 0.05) is 18.8 Å². The number of rotatable bonds is 7. The van der Waals surface area contributed by atoms with Crippen LogP contribution in [0, 0.1) is 23.6 Å². The van der Waals surface area contributed by atoms with Crippen molar-refractivity contribution < 1.29 is 38.4 Å². The monoisotopic (exact) mass is 502 g/mol. The van der Waals surface area contributed by atoms with Crippen molar-refractivity contribution in [3.63, 3.8) is 0 Å². The Bertz CT molecular complexity index is 1020. The molecule has 0 spiro atoms. The average Bonchev–Trinajstić information content (AvgIpc) is 2.79. The Hall–Kier alpha value is -2.71. The van der Waals surface area contributed by atoms with E-state index in [-0.39, 0.29) is 42.7 Å². The molecule has 1 heterocycles.